The van der Waals surface area contributed by atoms with Crippen LogP contribution in [0, 0.1) is 0 Å². The van der Waals surface area contributed by atoms with Crippen molar-refractivity contribution in [3.63, 3.8) is 0 Å². The van der Waals surface area contributed by atoms with Gasteiger partial charge in [-0.05, 0) is 25.5 Å². The van der Waals surface area contributed by atoms with Crippen molar-refractivity contribution >= 4 is 22.8 Å². The number of hydrogen-bond acceptors (Lipinski definition) is 4. The van der Waals surface area contributed by atoms with Crippen LogP contribution in [0.15, 0.2) is 60.7 Å². The summed E-state index contributed by atoms with van der Waals surface area (Å²) in [4.78, 5) is 12.9. The minimum atomic E-state index is -0.552. The van der Waals surface area contributed by atoms with E-state index < -0.39 is 11.6 Å². The van der Waals surface area contributed by atoms with Crippen LogP contribution in [-0.4, -0.2) is 23.3 Å². The quantitative estimate of drug-likeness (QED) is 0.643. The molecule has 0 amide bonds. The SMILES string of the molecule is CC1(C)C=Cc2c(C(=O)OCCc3ccccc3)c(O)c3ccccc3c2O1. The smallest absolute Gasteiger partial charge is 0.342 e. The fraction of sp³-hybridized carbons (Fsp3) is 0.208. The maximum absolute atomic E-state index is 12.9. The third kappa shape index (κ3) is 3.33. The summed E-state index contributed by atoms with van der Waals surface area (Å²) in [5.41, 5.74) is 1.29. The van der Waals surface area contributed by atoms with Gasteiger partial charge in [-0.15, -0.1) is 0 Å². The molecule has 3 aromatic rings. The summed E-state index contributed by atoms with van der Waals surface area (Å²) in [5.74, 6) is -0.0358. The molecule has 4 rings (SSSR count). The van der Waals surface area contributed by atoms with Crippen molar-refractivity contribution in [1.82, 2.24) is 0 Å². The van der Waals surface area contributed by atoms with E-state index in [0.717, 1.165) is 10.9 Å². The summed E-state index contributed by atoms with van der Waals surface area (Å²) in [6.45, 7) is 4.14. The Balaban J connectivity index is 1.70. The van der Waals surface area contributed by atoms with Crippen molar-refractivity contribution in [1.29, 1.82) is 0 Å². The highest BCUT2D eigenvalue weighted by Crippen LogP contribution is 2.44. The van der Waals surface area contributed by atoms with E-state index in [0.29, 0.717) is 23.1 Å². The summed E-state index contributed by atoms with van der Waals surface area (Å²) in [5, 5.41) is 12.2. The second-order valence-electron chi connectivity index (χ2n) is 7.42. The van der Waals surface area contributed by atoms with E-state index in [1.54, 1.807) is 6.07 Å². The van der Waals surface area contributed by atoms with Crippen molar-refractivity contribution < 1.29 is 19.4 Å². The highest BCUT2D eigenvalue weighted by molar-refractivity contribution is 6.08. The van der Waals surface area contributed by atoms with Crippen LogP contribution in [0.25, 0.3) is 16.8 Å². The number of aromatic hydroxyl groups is 1. The molecule has 0 radical (unpaired) electrons. The lowest BCUT2D eigenvalue weighted by Crippen LogP contribution is -2.28. The second kappa shape index (κ2) is 7.04. The van der Waals surface area contributed by atoms with E-state index in [4.69, 9.17) is 9.47 Å². The van der Waals surface area contributed by atoms with Crippen LogP contribution < -0.4 is 4.74 Å². The van der Waals surface area contributed by atoms with Crippen molar-refractivity contribution in [3.05, 3.63) is 77.4 Å². The topological polar surface area (TPSA) is 55.8 Å². The van der Waals surface area contributed by atoms with Crippen LogP contribution in [0.3, 0.4) is 0 Å². The molecule has 0 saturated heterocycles. The van der Waals surface area contributed by atoms with Gasteiger partial charge in [0.15, 0.2) is 0 Å². The van der Waals surface area contributed by atoms with Gasteiger partial charge in [0, 0.05) is 22.8 Å². The molecule has 0 aliphatic carbocycles. The molecule has 142 valence electrons. The average Bonchev–Trinajstić information content (AvgIpc) is 2.69. The van der Waals surface area contributed by atoms with Gasteiger partial charge in [-0.2, -0.15) is 0 Å². The van der Waals surface area contributed by atoms with Gasteiger partial charge in [0.05, 0.1) is 6.61 Å². The molecule has 4 heteroatoms. The fourth-order valence-electron chi connectivity index (χ4n) is 3.44. The number of fused-ring (bicyclic) bond motifs is 3. The van der Waals surface area contributed by atoms with Crippen LogP contribution in [0.4, 0.5) is 0 Å². The summed E-state index contributed by atoms with van der Waals surface area (Å²) < 4.78 is 11.6. The van der Waals surface area contributed by atoms with E-state index in [1.807, 2.05) is 74.5 Å². The first kappa shape index (κ1) is 18.1. The number of benzene rings is 3. The van der Waals surface area contributed by atoms with E-state index in [2.05, 4.69) is 0 Å². The van der Waals surface area contributed by atoms with Crippen molar-refractivity contribution in [2.75, 3.05) is 6.61 Å². The molecule has 28 heavy (non-hydrogen) atoms. The standard InChI is InChI=1S/C24H22O4/c1-24(2)14-12-19-20(23(26)27-15-13-16-8-4-3-5-9-16)21(25)17-10-6-7-11-18(17)22(19)28-24/h3-12,14,25H,13,15H2,1-2H3. The molecule has 1 aliphatic heterocycles. The molecular weight excluding hydrogens is 352 g/mol. The molecule has 0 unspecified atom stereocenters. The van der Waals surface area contributed by atoms with E-state index in [1.165, 1.54) is 0 Å². The normalized spacial score (nSPS) is 14.4. The van der Waals surface area contributed by atoms with Crippen LogP contribution >= 0.6 is 0 Å². The minimum Gasteiger partial charge on any atom is -0.506 e. The van der Waals surface area contributed by atoms with Gasteiger partial charge in [0.1, 0.15) is 22.7 Å². The average molecular weight is 374 g/mol. The molecule has 1 heterocycles. The number of phenols is 1. The van der Waals surface area contributed by atoms with Crippen LogP contribution in [0.2, 0.25) is 0 Å². The summed E-state index contributed by atoms with van der Waals surface area (Å²) in [6, 6.07) is 17.2. The lowest BCUT2D eigenvalue weighted by molar-refractivity contribution is 0.0504. The molecular formula is C24H22O4. The second-order valence-corrected chi connectivity index (χ2v) is 7.42. The van der Waals surface area contributed by atoms with Crippen molar-refractivity contribution in [2.24, 2.45) is 0 Å². The number of phenolic OH excluding ortho intramolecular Hbond substituents is 1. The molecule has 1 N–H and O–H groups in total. The van der Waals surface area contributed by atoms with Gasteiger partial charge >= 0.3 is 5.97 Å². The Bertz CT molecular complexity index is 1060. The Morgan fingerprint density at radius 3 is 2.46 bits per heavy atom. The molecule has 1 aliphatic rings. The Hall–Kier alpha value is -3.27. The van der Waals surface area contributed by atoms with Crippen LogP contribution in [0.5, 0.6) is 11.5 Å². The first-order chi connectivity index (χ1) is 13.5. The molecule has 0 atom stereocenters. The summed E-state index contributed by atoms with van der Waals surface area (Å²) in [7, 11) is 0. The molecule has 0 fully saturated rings. The maximum atomic E-state index is 12.9. The lowest BCUT2D eigenvalue weighted by Gasteiger charge is -2.30. The maximum Gasteiger partial charge on any atom is 0.342 e. The van der Waals surface area contributed by atoms with Gasteiger partial charge in [0.25, 0.3) is 0 Å². The van der Waals surface area contributed by atoms with Gasteiger partial charge in [-0.25, -0.2) is 4.79 Å². The van der Waals surface area contributed by atoms with E-state index in [-0.39, 0.29) is 17.9 Å². The predicted molar refractivity (Wildman–Crippen MR) is 110 cm³/mol. The lowest BCUT2D eigenvalue weighted by atomic mass is 9.93. The molecule has 4 nitrogen and oxygen atoms in total. The Morgan fingerprint density at radius 1 is 1.04 bits per heavy atom. The molecule has 0 aromatic heterocycles. The first-order valence-electron chi connectivity index (χ1n) is 9.33. The molecule has 0 bridgehead atoms. The Labute approximate surface area is 164 Å². The third-order valence-corrected chi connectivity index (χ3v) is 4.86. The highest BCUT2D eigenvalue weighted by atomic mass is 16.5. The third-order valence-electron chi connectivity index (χ3n) is 4.86. The molecule has 0 spiro atoms. The monoisotopic (exact) mass is 374 g/mol. The van der Waals surface area contributed by atoms with Crippen LogP contribution in [0.1, 0.15) is 35.3 Å². The Morgan fingerprint density at radius 2 is 1.71 bits per heavy atom. The zero-order chi connectivity index (χ0) is 19.7. The zero-order valence-corrected chi connectivity index (χ0v) is 15.9. The Kier molecular flexibility index (Phi) is 4.55. The minimum absolute atomic E-state index is 0.0768. The summed E-state index contributed by atoms with van der Waals surface area (Å²) in [6.07, 6.45) is 4.32. The van der Waals surface area contributed by atoms with E-state index >= 15 is 0 Å². The van der Waals surface area contributed by atoms with Crippen molar-refractivity contribution in [2.45, 2.75) is 25.9 Å². The molecule has 3 aromatic carbocycles. The van der Waals surface area contributed by atoms with Crippen molar-refractivity contribution in [3.8, 4) is 11.5 Å². The summed E-state index contributed by atoms with van der Waals surface area (Å²) >= 11 is 0. The number of ether oxygens (including phenoxy) is 2. The fourth-order valence-corrected chi connectivity index (χ4v) is 3.44. The number of esters is 1. The number of rotatable bonds is 4. The highest BCUT2D eigenvalue weighted by Gasteiger charge is 2.30. The predicted octanol–water partition coefficient (Wildman–Crippen LogP) is 5.13. The van der Waals surface area contributed by atoms with Crippen LogP contribution in [-0.2, 0) is 11.2 Å². The van der Waals surface area contributed by atoms with Gasteiger partial charge in [-0.1, -0.05) is 60.7 Å². The number of carbonyl (C=O) groups is 1. The number of carbonyl (C=O) groups excluding carboxylic acids is 1. The number of hydrogen-bond donors (Lipinski definition) is 1. The van der Waals surface area contributed by atoms with Gasteiger partial charge < -0.3 is 14.6 Å². The first-order valence-corrected chi connectivity index (χ1v) is 9.33. The zero-order valence-electron chi connectivity index (χ0n) is 15.9. The van der Waals surface area contributed by atoms with Gasteiger partial charge in [0.2, 0.25) is 0 Å². The van der Waals surface area contributed by atoms with Gasteiger partial charge in [-0.3, -0.25) is 0 Å². The largest absolute Gasteiger partial charge is 0.506 e. The van der Waals surface area contributed by atoms with E-state index in [9.17, 15) is 9.90 Å². The molecule has 0 saturated carbocycles.